The Morgan fingerprint density at radius 1 is 1.00 bits per heavy atom. The summed E-state index contributed by atoms with van der Waals surface area (Å²) in [5, 5.41) is 1.36. The van der Waals surface area contributed by atoms with E-state index < -0.39 is 0 Å². The van der Waals surface area contributed by atoms with Crippen molar-refractivity contribution in [2.24, 2.45) is 5.73 Å². The van der Waals surface area contributed by atoms with Gasteiger partial charge in [0.15, 0.2) is 0 Å². The van der Waals surface area contributed by atoms with Crippen LogP contribution in [0.2, 0.25) is 0 Å². The number of aromatic nitrogens is 1. The molecule has 132 valence electrons. The molecule has 0 spiro atoms. The van der Waals surface area contributed by atoms with Gasteiger partial charge in [-0.1, -0.05) is 63.2 Å². The maximum Gasteiger partial charge on any atom is 0.0483 e. The number of aryl methyl sites for hydroxylation is 1. The average molecular weight is 335 g/mol. The number of nitrogens with zero attached hydrogens (tertiary/aromatic N) is 1. The quantitative estimate of drug-likeness (QED) is 0.679. The maximum atomic E-state index is 6.15. The molecule has 2 heteroatoms. The van der Waals surface area contributed by atoms with E-state index in [4.69, 9.17) is 5.73 Å². The van der Waals surface area contributed by atoms with E-state index in [1.165, 1.54) is 27.6 Å². The van der Waals surface area contributed by atoms with Crippen LogP contribution in [0.25, 0.3) is 10.9 Å². The first kappa shape index (κ1) is 17.8. The molecule has 1 heterocycles. The van der Waals surface area contributed by atoms with E-state index in [1.807, 2.05) is 0 Å². The van der Waals surface area contributed by atoms with Crippen molar-refractivity contribution in [2.45, 2.75) is 52.0 Å². The van der Waals surface area contributed by atoms with E-state index in [-0.39, 0.29) is 5.41 Å². The van der Waals surface area contributed by atoms with Crippen molar-refractivity contribution in [2.75, 3.05) is 6.54 Å². The Morgan fingerprint density at radius 3 is 2.28 bits per heavy atom. The highest BCUT2D eigenvalue weighted by atomic mass is 14.9. The van der Waals surface area contributed by atoms with Gasteiger partial charge in [-0.15, -0.1) is 0 Å². The topological polar surface area (TPSA) is 30.9 Å². The molecule has 1 atom stereocenters. The first-order valence-corrected chi connectivity index (χ1v) is 9.31. The lowest BCUT2D eigenvalue weighted by molar-refractivity contribution is 0.589. The number of hydrogen-bond acceptors (Lipinski definition) is 1. The zero-order valence-corrected chi connectivity index (χ0v) is 15.9. The van der Waals surface area contributed by atoms with Gasteiger partial charge < -0.3 is 10.3 Å². The Bertz CT molecular complexity index is 835. The van der Waals surface area contributed by atoms with Crippen LogP contribution in [0.1, 0.15) is 50.3 Å². The average Bonchev–Trinajstić information content (AvgIpc) is 2.97. The Hall–Kier alpha value is -2.06. The van der Waals surface area contributed by atoms with E-state index in [0.29, 0.717) is 12.5 Å². The van der Waals surface area contributed by atoms with Crippen molar-refractivity contribution >= 4 is 10.9 Å². The lowest BCUT2D eigenvalue weighted by Gasteiger charge is -2.21. The molecular weight excluding hydrogens is 304 g/mol. The molecule has 1 aromatic heterocycles. The highest BCUT2D eigenvalue weighted by molar-refractivity contribution is 5.84. The van der Waals surface area contributed by atoms with Crippen molar-refractivity contribution in [3.05, 3.63) is 71.4 Å². The SMILES string of the molecule is CCn1cc(CC(CN)c2ccc(C(C)(C)C)cc2)c2ccccc21. The first-order chi connectivity index (χ1) is 11.9. The summed E-state index contributed by atoms with van der Waals surface area (Å²) in [7, 11) is 0. The predicted octanol–water partition coefficient (Wildman–Crippen LogP) is 5.24. The van der Waals surface area contributed by atoms with Gasteiger partial charge in [0.25, 0.3) is 0 Å². The van der Waals surface area contributed by atoms with Crippen molar-refractivity contribution in [3.8, 4) is 0 Å². The third-order valence-electron chi connectivity index (χ3n) is 5.21. The lowest BCUT2D eigenvalue weighted by Crippen LogP contribution is -2.16. The van der Waals surface area contributed by atoms with Gasteiger partial charge in [-0.05, 0) is 48.1 Å². The van der Waals surface area contributed by atoms with Gasteiger partial charge in [-0.2, -0.15) is 0 Å². The predicted molar refractivity (Wildman–Crippen MR) is 108 cm³/mol. The second-order valence-electron chi connectivity index (χ2n) is 7.97. The molecule has 2 N–H and O–H groups in total. The molecule has 0 aliphatic rings. The summed E-state index contributed by atoms with van der Waals surface area (Å²) >= 11 is 0. The zero-order chi connectivity index (χ0) is 18.0. The molecule has 2 aromatic carbocycles. The minimum absolute atomic E-state index is 0.186. The van der Waals surface area contributed by atoms with Crippen LogP contribution in [-0.4, -0.2) is 11.1 Å². The molecule has 0 aliphatic heterocycles. The van der Waals surface area contributed by atoms with Crippen LogP contribution in [0, 0.1) is 0 Å². The number of hydrogen-bond donors (Lipinski definition) is 1. The van der Waals surface area contributed by atoms with Crippen molar-refractivity contribution in [1.29, 1.82) is 0 Å². The molecule has 3 aromatic rings. The smallest absolute Gasteiger partial charge is 0.0483 e. The van der Waals surface area contributed by atoms with E-state index in [0.717, 1.165) is 13.0 Å². The second kappa shape index (κ2) is 7.05. The van der Waals surface area contributed by atoms with E-state index in [1.54, 1.807) is 0 Å². The fourth-order valence-electron chi connectivity index (χ4n) is 3.61. The first-order valence-electron chi connectivity index (χ1n) is 9.31. The molecule has 0 saturated heterocycles. The van der Waals surface area contributed by atoms with E-state index in [2.05, 4.69) is 87.0 Å². The van der Waals surface area contributed by atoms with Crippen molar-refractivity contribution in [3.63, 3.8) is 0 Å². The molecule has 0 bridgehead atoms. The fraction of sp³-hybridized carbons (Fsp3) is 0.391. The summed E-state index contributed by atoms with van der Waals surface area (Å²) < 4.78 is 2.33. The molecule has 0 saturated carbocycles. The summed E-state index contributed by atoms with van der Waals surface area (Å²) in [6.45, 7) is 10.6. The van der Waals surface area contributed by atoms with Crippen LogP contribution >= 0.6 is 0 Å². The van der Waals surface area contributed by atoms with E-state index in [9.17, 15) is 0 Å². The van der Waals surface area contributed by atoms with Crippen LogP contribution < -0.4 is 5.73 Å². The summed E-state index contributed by atoms with van der Waals surface area (Å²) in [6, 6.07) is 17.7. The standard InChI is InChI=1S/C23H30N2/c1-5-25-16-19(21-8-6-7-9-22(21)25)14-18(15-24)17-10-12-20(13-11-17)23(2,3)4/h6-13,16,18H,5,14-15,24H2,1-4H3. The van der Waals surface area contributed by atoms with Crippen LogP contribution in [0.4, 0.5) is 0 Å². The Kier molecular flexibility index (Phi) is 5.01. The molecule has 0 aliphatic carbocycles. The van der Waals surface area contributed by atoms with Crippen LogP contribution in [0.3, 0.4) is 0 Å². The highest BCUT2D eigenvalue weighted by Crippen LogP contribution is 2.29. The molecule has 2 nitrogen and oxygen atoms in total. The summed E-state index contributed by atoms with van der Waals surface area (Å²) in [5.41, 5.74) is 11.8. The zero-order valence-electron chi connectivity index (χ0n) is 15.9. The van der Waals surface area contributed by atoms with Crippen LogP contribution in [0.5, 0.6) is 0 Å². The molecular formula is C23H30N2. The van der Waals surface area contributed by atoms with Crippen molar-refractivity contribution in [1.82, 2.24) is 4.57 Å². The third kappa shape index (κ3) is 3.64. The van der Waals surface area contributed by atoms with Gasteiger partial charge in [0.05, 0.1) is 0 Å². The van der Waals surface area contributed by atoms with Crippen molar-refractivity contribution < 1.29 is 0 Å². The summed E-state index contributed by atoms with van der Waals surface area (Å²) in [6.07, 6.45) is 3.29. The molecule has 1 unspecified atom stereocenters. The van der Waals surface area contributed by atoms with E-state index >= 15 is 0 Å². The number of rotatable bonds is 5. The van der Waals surface area contributed by atoms with Crippen LogP contribution in [0.15, 0.2) is 54.7 Å². The number of nitrogens with two attached hydrogens (primary N) is 1. The van der Waals surface area contributed by atoms with Gasteiger partial charge in [0.2, 0.25) is 0 Å². The van der Waals surface area contributed by atoms with Crippen LogP contribution in [-0.2, 0) is 18.4 Å². The summed E-state index contributed by atoms with van der Waals surface area (Å²) in [5.74, 6) is 0.352. The minimum atomic E-state index is 0.186. The van der Waals surface area contributed by atoms with Gasteiger partial charge in [-0.25, -0.2) is 0 Å². The molecule has 3 rings (SSSR count). The van der Waals surface area contributed by atoms with Gasteiger partial charge in [0.1, 0.15) is 0 Å². The normalized spacial score (nSPS) is 13.3. The monoisotopic (exact) mass is 334 g/mol. The summed E-state index contributed by atoms with van der Waals surface area (Å²) in [4.78, 5) is 0. The second-order valence-corrected chi connectivity index (χ2v) is 7.97. The highest BCUT2D eigenvalue weighted by Gasteiger charge is 2.17. The third-order valence-corrected chi connectivity index (χ3v) is 5.21. The molecule has 25 heavy (non-hydrogen) atoms. The maximum absolute atomic E-state index is 6.15. The number of benzene rings is 2. The molecule has 0 fully saturated rings. The fourth-order valence-corrected chi connectivity index (χ4v) is 3.61. The van der Waals surface area contributed by atoms with Gasteiger partial charge in [0, 0.05) is 29.6 Å². The minimum Gasteiger partial charge on any atom is -0.347 e. The molecule has 0 radical (unpaired) electrons. The Labute approximate surface area is 151 Å². The largest absolute Gasteiger partial charge is 0.347 e. The molecule has 0 amide bonds. The van der Waals surface area contributed by atoms with Gasteiger partial charge in [-0.3, -0.25) is 0 Å². The Morgan fingerprint density at radius 2 is 1.68 bits per heavy atom. The Balaban J connectivity index is 1.90. The number of para-hydroxylation sites is 1. The van der Waals surface area contributed by atoms with Gasteiger partial charge >= 0.3 is 0 Å². The number of fused-ring (bicyclic) bond motifs is 1. The lowest BCUT2D eigenvalue weighted by atomic mass is 9.84.